The van der Waals surface area contributed by atoms with Gasteiger partial charge in [-0.15, -0.1) is 10.2 Å². The van der Waals surface area contributed by atoms with Crippen LogP contribution in [0.3, 0.4) is 0 Å². The van der Waals surface area contributed by atoms with Crippen molar-refractivity contribution in [2.24, 2.45) is 0 Å². The number of aliphatic hydroxyl groups is 1. The third-order valence-corrected chi connectivity index (χ3v) is 3.56. The van der Waals surface area contributed by atoms with Crippen molar-refractivity contribution in [2.45, 2.75) is 32.1 Å². The molecule has 0 spiro atoms. The summed E-state index contributed by atoms with van der Waals surface area (Å²) < 4.78 is 6.21. The maximum atomic E-state index is 9.21. The number of nitrogens with zero attached hydrogens (tertiary/aromatic N) is 3. The Labute approximate surface area is 109 Å². The first-order valence-electron chi connectivity index (χ1n) is 5.47. The molecule has 2 heterocycles. The average molecular weight is 278 g/mol. The minimum Gasteiger partial charge on any atom is -0.394 e. The van der Waals surface area contributed by atoms with Crippen molar-refractivity contribution < 1.29 is 9.84 Å². The Hall–Kier alpha value is -0.270. The fourth-order valence-corrected chi connectivity index (χ4v) is 3.03. The lowest BCUT2D eigenvalue weighted by Gasteiger charge is -2.41. The van der Waals surface area contributed by atoms with E-state index in [0.29, 0.717) is 17.6 Å². The third kappa shape index (κ3) is 3.59. The van der Waals surface area contributed by atoms with Crippen LogP contribution in [0.5, 0.6) is 0 Å². The minimum absolute atomic E-state index is 0.0385. The third-order valence-electron chi connectivity index (χ3n) is 2.56. The molecule has 0 radical (unpaired) electrons. The largest absolute Gasteiger partial charge is 0.394 e. The molecule has 1 atom stereocenters. The first kappa shape index (κ1) is 13.2. The Kier molecular flexibility index (Phi) is 3.99. The van der Waals surface area contributed by atoms with Crippen LogP contribution in [0.25, 0.3) is 0 Å². The number of morpholine rings is 1. The summed E-state index contributed by atoms with van der Waals surface area (Å²) in [4.78, 5) is 2.21. The molecule has 17 heavy (non-hydrogen) atoms. The van der Waals surface area contributed by atoms with Crippen molar-refractivity contribution in [1.29, 1.82) is 0 Å². The van der Waals surface area contributed by atoms with Gasteiger partial charge in [0.1, 0.15) is 5.01 Å². The molecule has 0 aliphatic carbocycles. The van der Waals surface area contributed by atoms with E-state index in [2.05, 4.69) is 15.1 Å². The minimum atomic E-state index is -0.250. The SMILES string of the molecule is CC1(C)CN(Cc2nnc(Cl)s2)CC(CO)O1. The summed E-state index contributed by atoms with van der Waals surface area (Å²) in [5.41, 5.74) is -0.250. The van der Waals surface area contributed by atoms with Gasteiger partial charge in [0.05, 0.1) is 24.9 Å². The molecule has 0 bridgehead atoms. The number of aromatic nitrogens is 2. The maximum Gasteiger partial charge on any atom is 0.207 e. The van der Waals surface area contributed by atoms with Gasteiger partial charge in [0.25, 0.3) is 0 Å². The lowest BCUT2D eigenvalue weighted by Crippen LogP contribution is -2.53. The van der Waals surface area contributed by atoms with Crippen LogP contribution < -0.4 is 0 Å². The van der Waals surface area contributed by atoms with Gasteiger partial charge in [0, 0.05) is 13.1 Å². The van der Waals surface area contributed by atoms with Gasteiger partial charge in [-0.25, -0.2) is 0 Å². The van der Waals surface area contributed by atoms with Gasteiger partial charge in [0.2, 0.25) is 4.47 Å². The monoisotopic (exact) mass is 277 g/mol. The first-order chi connectivity index (χ1) is 7.98. The molecule has 1 aromatic heterocycles. The molecule has 1 aliphatic rings. The average Bonchev–Trinajstić information content (AvgIpc) is 2.61. The van der Waals surface area contributed by atoms with Crippen LogP contribution in [0.1, 0.15) is 18.9 Å². The molecule has 1 unspecified atom stereocenters. The smallest absolute Gasteiger partial charge is 0.207 e. The summed E-state index contributed by atoms with van der Waals surface area (Å²) in [6, 6.07) is 0. The Morgan fingerprint density at radius 2 is 2.35 bits per heavy atom. The molecule has 0 saturated carbocycles. The summed E-state index contributed by atoms with van der Waals surface area (Å²) in [5.74, 6) is 0. The zero-order valence-electron chi connectivity index (χ0n) is 9.89. The van der Waals surface area contributed by atoms with E-state index in [0.717, 1.165) is 11.6 Å². The van der Waals surface area contributed by atoms with Crippen molar-refractivity contribution in [3.05, 3.63) is 9.47 Å². The second kappa shape index (κ2) is 5.16. The molecule has 1 aromatic rings. The molecular weight excluding hydrogens is 262 g/mol. The standard InChI is InChI=1S/C10H16ClN3O2S/c1-10(2)6-14(3-7(5-15)16-10)4-8-12-13-9(11)17-8/h7,15H,3-6H2,1-2H3. The molecule has 1 aliphatic heterocycles. The van der Waals surface area contributed by atoms with Gasteiger partial charge in [-0.2, -0.15) is 0 Å². The summed E-state index contributed by atoms with van der Waals surface area (Å²) in [6.07, 6.45) is -0.137. The topological polar surface area (TPSA) is 58.5 Å². The number of hydrogen-bond acceptors (Lipinski definition) is 6. The highest BCUT2D eigenvalue weighted by atomic mass is 35.5. The molecule has 1 saturated heterocycles. The highest BCUT2D eigenvalue weighted by molar-refractivity contribution is 7.15. The molecule has 2 rings (SSSR count). The van der Waals surface area contributed by atoms with Crippen molar-refractivity contribution in [3.63, 3.8) is 0 Å². The van der Waals surface area contributed by atoms with Crippen LogP contribution in [-0.4, -0.2) is 51.6 Å². The van der Waals surface area contributed by atoms with E-state index in [1.807, 2.05) is 13.8 Å². The molecule has 5 nitrogen and oxygen atoms in total. The van der Waals surface area contributed by atoms with Gasteiger partial charge >= 0.3 is 0 Å². The summed E-state index contributed by atoms with van der Waals surface area (Å²) >= 11 is 7.14. The zero-order valence-corrected chi connectivity index (χ0v) is 11.5. The highest BCUT2D eigenvalue weighted by Crippen LogP contribution is 2.24. The fraction of sp³-hybridized carbons (Fsp3) is 0.800. The lowest BCUT2D eigenvalue weighted by molar-refractivity contribution is -0.150. The van der Waals surface area contributed by atoms with Gasteiger partial charge in [-0.1, -0.05) is 11.3 Å². The van der Waals surface area contributed by atoms with Crippen LogP contribution >= 0.6 is 22.9 Å². The van der Waals surface area contributed by atoms with Crippen LogP contribution in [0, 0.1) is 0 Å². The number of halogens is 1. The highest BCUT2D eigenvalue weighted by Gasteiger charge is 2.33. The normalized spacial score (nSPS) is 25.1. The van der Waals surface area contributed by atoms with Crippen molar-refractivity contribution in [2.75, 3.05) is 19.7 Å². The molecule has 1 N–H and O–H groups in total. The Balaban J connectivity index is 2.00. The van der Waals surface area contributed by atoms with Crippen LogP contribution in [-0.2, 0) is 11.3 Å². The van der Waals surface area contributed by atoms with E-state index in [1.165, 1.54) is 11.3 Å². The second-order valence-corrected chi connectivity index (χ2v) is 6.44. The first-order valence-corrected chi connectivity index (χ1v) is 6.67. The summed E-state index contributed by atoms with van der Waals surface area (Å²) in [5, 5.41) is 17.9. The van der Waals surface area contributed by atoms with Crippen molar-refractivity contribution in [1.82, 2.24) is 15.1 Å². The van der Waals surface area contributed by atoms with E-state index in [4.69, 9.17) is 16.3 Å². The Morgan fingerprint density at radius 1 is 1.59 bits per heavy atom. The van der Waals surface area contributed by atoms with Crippen molar-refractivity contribution in [3.8, 4) is 0 Å². The Bertz CT molecular complexity index is 385. The van der Waals surface area contributed by atoms with Crippen LogP contribution in [0.15, 0.2) is 0 Å². The number of aliphatic hydroxyl groups excluding tert-OH is 1. The molecule has 1 fully saturated rings. The quantitative estimate of drug-likeness (QED) is 0.899. The van der Waals surface area contributed by atoms with Gasteiger partial charge < -0.3 is 9.84 Å². The lowest BCUT2D eigenvalue weighted by atomic mass is 10.1. The van der Waals surface area contributed by atoms with E-state index in [9.17, 15) is 5.11 Å². The van der Waals surface area contributed by atoms with Gasteiger partial charge in [-0.05, 0) is 25.4 Å². The fourth-order valence-electron chi connectivity index (χ4n) is 2.12. The van der Waals surface area contributed by atoms with Crippen LogP contribution in [0.4, 0.5) is 0 Å². The van der Waals surface area contributed by atoms with E-state index < -0.39 is 0 Å². The molecule has 0 amide bonds. The maximum absolute atomic E-state index is 9.21. The zero-order chi connectivity index (χ0) is 12.5. The van der Waals surface area contributed by atoms with E-state index in [1.54, 1.807) is 0 Å². The number of rotatable bonds is 3. The van der Waals surface area contributed by atoms with Gasteiger partial charge in [0.15, 0.2) is 0 Å². The number of hydrogen-bond donors (Lipinski definition) is 1. The number of ether oxygens (including phenoxy) is 1. The van der Waals surface area contributed by atoms with E-state index >= 15 is 0 Å². The van der Waals surface area contributed by atoms with E-state index in [-0.39, 0.29) is 18.3 Å². The summed E-state index contributed by atoms with van der Waals surface area (Å²) in [6.45, 7) is 6.30. The predicted molar refractivity (Wildman–Crippen MR) is 66.2 cm³/mol. The molecule has 0 aromatic carbocycles. The molecular formula is C10H16ClN3O2S. The summed E-state index contributed by atoms with van der Waals surface area (Å²) in [7, 11) is 0. The second-order valence-electron chi connectivity index (χ2n) is 4.80. The predicted octanol–water partition coefficient (Wildman–Crippen LogP) is 1.16. The van der Waals surface area contributed by atoms with Crippen LogP contribution in [0.2, 0.25) is 4.47 Å². The van der Waals surface area contributed by atoms with Gasteiger partial charge in [-0.3, -0.25) is 4.90 Å². The molecule has 96 valence electrons. The molecule has 7 heteroatoms. The Morgan fingerprint density at radius 3 is 2.94 bits per heavy atom. The van der Waals surface area contributed by atoms with Crippen molar-refractivity contribution >= 4 is 22.9 Å².